The Morgan fingerprint density at radius 2 is 2.10 bits per heavy atom. The van der Waals surface area contributed by atoms with Crippen molar-refractivity contribution in [3.05, 3.63) is 29.9 Å². The van der Waals surface area contributed by atoms with Crippen molar-refractivity contribution >= 4 is 11.9 Å². The standard InChI is InChI=1S/C21H28N4O5/c1-29-21(27)17-11-10-16(13-22-17)19-23-20(30-25-19)15(12-18(26)24-28)9-5-8-14-6-3-2-4-7-14/h10-11,13-15,28H,2-9,12H2,1H3,(H,24,26). The van der Waals surface area contributed by atoms with Crippen molar-refractivity contribution in [1.29, 1.82) is 0 Å². The lowest BCUT2D eigenvalue weighted by atomic mass is 9.84. The van der Waals surface area contributed by atoms with Crippen molar-refractivity contribution < 1.29 is 24.1 Å². The fourth-order valence-electron chi connectivity index (χ4n) is 3.98. The molecule has 1 aliphatic rings. The summed E-state index contributed by atoms with van der Waals surface area (Å²) in [6, 6.07) is 3.18. The maximum Gasteiger partial charge on any atom is 0.356 e. The number of esters is 1. The van der Waals surface area contributed by atoms with E-state index in [9.17, 15) is 9.59 Å². The third-order valence-corrected chi connectivity index (χ3v) is 5.65. The largest absolute Gasteiger partial charge is 0.464 e. The monoisotopic (exact) mass is 416 g/mol. The molecule has 1 aliphatic carbocycles. The number of hydroxylamine groups is 1. The molecule has 2 N–H and O–H groups in total. The van der Waals surface area contributed by atoms with Gasteiger partial charge in [-0.3, -0.25) is 10.0 Å². The van der Waals surface area contributed by atoms with Crippen LogP contribution in [0.15, 0.2) is 22.9 Å². The minimum Gasteiger partial charge on any atom is -0.464 e. The van der Waals surface area contributed by atoms with Gasteiger partial charge in [0.1, 0.15) is 5.69 Å². The molecule has 9 heteroatoms. The van der Waals surface area contributed by atoms with E-state index in [4.69, 9.17) is 9.73 Å². The van der Waals surface area contributed by atoms with Crippen LogP contribution in [0.1, 0.15) is 80.1 Å². The van der Waals surface area contributed by atoms with Gasteiger partial charge < -0.3 is 9.26 Å². The summed E-state index contributed by atoms with van der Waals surface area (Å²) < 4.78 is 10.1. The molecule has 0 bridgehead atoms. The number of nitrogens with one attached hydrogen (secondary N) is 1. The Labute approximate surface area is 175 Å². The predicted octanol–water partition coefficient (Wildman–Crippen LogP) is 3.65. The van der Waals surface area contributed by atoms with Gasteiger partial charge in [0.05, 0.1) is 7.11 Å². The van der Waals surface area contributed by atoms with E-state index in [2.05, 4.69) is 19.9 Å². The van der Waals surface area contributed by atoms with Crippen molar-refractivity contribution in [1.82, 2.24) is 20.6 Å². The van der Waals surface area contributed by atoms with Crippen molar-refractivity contribution in [3.8, 4) is 11.4 Å². The van der Waals surface area contributed by atoms with Gasteiger partial charge in [0.15, 0.2) is 0 Å². The average molecular weight is 416 g/mol. The lowest BCUT2D eigenvalue weighted by Crippen LogP contribution is -2.21. The van der Waals surface area contributed by atoms with E-state index in [-0.39, 0.29) is 18.0 Å². The molecule has 1 unspecified atom stereocenters. The zero-order chi connectivity index (χ0) is 21.3. The summed E-state index contributed by atoms with van der Waals surface area (Å²) in [5, 5.41) is 12.9. The number of nitrogens with zero attached hydrogens (tertiary/aromatic N) is 3. The molecular formula is C21H28N4O5. The van der Waals surface area contributed by atoms with E-state index in [0.29, 0.717) is 17.3 Å². The first-order chi connectivity index (χ1) is 14.6. The number of carbonyl (C=O) groups is 2. The molecule has 2 aromatic rings. The van der Waals surface area contributed by atoms with E-state index in [1.165, 1.54) is 51.5 Å². The van der Waals surface area contributed by atoms with Gasteiger partial charge in [-0.05, 0) is 24.5 Å². The Kier molecular flexibility index (Phi) is 7.89. The van der Waals surface area contributed by atoms with Crippen LogP contribution in [0.3, 0.4) is 0 Å². The average Bonchev–Trinajstić information content (AvgIpc) is 3.28. The second-order valence-corrected chi connectivity index (χ2v) is 7.75. The minimum atomic E-state index is -0.525. The van der Waals surface area contributed by atoms with Crippen LogP contribution in [-0.4, -0.2) is 39.3 Å². The summed E-state index contributed by atoms with van der Waals surface area (Å²) in [6.07, 6.45) is 10.8. The number of hydrogen-bond donors (Lipinski definition) is 2. The summed E-state index contributed by atoms with van der Waals surface area (Å²) in [5.41, 5.74) is 2.46. The third-order valence-electron chi connectivity index (χ3n) is 5.65. The number of carbonyl (C=O) groups excluding carboxylic acids is 2. The van der Waals surface area contributed by atoms with Crippen molar-refractivity contribution in [3.63, 3.8) is 0 Å². The molecule has 2 heterocycles. The van der Waals surface area contributed by atoms with Crippen LogP contribution in [0.25, 0.3) is 11.4 Å². The Balaban J connectivity index is 1.66. The number of pyridine rings is 1. The molecule has 3 rings (SSSR count). The van der Waals surface area contributed by atoms with Gasteiger partial charge in [0.2, 0.25) is 17.6 Å². The lowest BCUT2D eigenvalue weighted by Gasteiger charge is -2.22. The van der Waals surface area contributed by atoms with Crippen LogP contribution >= 0.6 is 0 Å². The van der Waals surface area contributed by atoms with Crippen molar-refractivity contribution in [2.24, 2.45) is 5.92 Å². The highest BCUT2D eigenvalue weighted by Crippen LogP contribution is 2.31. The van der Waals surface area contributed by atoms with E-state index < -0.39 is 11.9 Å². The molecule has 30 heavy (non-hydrogen) atoms. The molecule has 1 fully saturated rings. The smallest absolute Gasteiger partial charge is 0.356 e. The Morgan fingerprint density at radius 3 is 2.77 bits per heavy atom. The van der Waals surface area contributed by atoms with Crippen molar-refractivity contribution in [2.45, 2.75) is 63.7 Å². The molecular weight excluding hydrogens is 388 g/mol. The van der Waals surface area contributed by atoms with Gasteiger partial charge in [-0.25, -0.2) is 15.3 Å². The minimum absolute atomic E-state index is 0.0718. The molecule has 0 aliphatic heterocycles. The molecule has 1 atom stereocenters. The molecule has 0 radical (unpaired) electrons. The van der Waals surface area contributed by atoms with Crippen LogP contribution < -0.4 is 5.48 Å². The number of hydrogen-bond acceptors (Lipinski definition) is 8. The van der Waals surface area contributed by atoms with Crippen LogP contribution in [0, 0.1) is 5.92 Å². The first kappa shape index (κ1) is 21.9. The van der Waals surface area contributed by atoms with Gasteiger partial charge >= 0.3 is 5.97 Å². The summed E-state index contributed by atoms with van der Waals surface area (Å²) in [6.45, 7) is 0. The molecule has 1 amide bonds. The third kappa shape index (κ3) is 5.85. The summed E-state index contributed by atoms with van der Waals surface area (Å²) >= 11 is 0. The zero-order valence-electron chi connectivity index (χ0n) is 17.2. The number of aromatic nitrogens is 3. The normalized spacial score (nSPS) is 15.5. The highest BCUT2D eigenvalue weighted by molar-refractivity contribution is 5.87. The second-order valence-electron chi connectivity index (χ2n) is 7.75. The molecule has 0 spiro atoms. The van der Waals surface area contributed by atoms with E-state index >= 15 is 0 Å². The molecule has 1 saturated carbocycles. The molecule has 0 saturated heterocycles. The Bertz CT molecular complexity index is 830. The second kappa shape index (κ2) is 10.8. The fourth-order valence-corrected chi connectivity index (χ4v) is 3.98. The van der Waals surface area contributed by atoms with Crippen molar-refractivity contribution in [2.75, 3.05) is 7.11 Å². The van der Waals surface area contributed by atoms with Crippen LogP contribution in [0.4, 0.5) is 0 Å². The van der Waals surface area contributed by atoms with E-state index in [1.54, 1.807) is 11.5 Å². The molecule has 162 valence electrons. The van der Waals surface area contributed by atoms with Crippen LogP contribution in [-0.2, 0) is 9.53 Å². The number of ether oxygens (including phenoxy) is 1. The summed E-state index contributed by atoms with van der Waals surface area (Å²) in [7, 11) is 1.29. The van der Waals surface area contributed by atoms with Gasteiger partial charge in [-0.15, -0.1) is 0 Å². The predicted molar refractivity (Wildman–Crippen MR) is 107 cm³/mol. The maximum atomic E-state index is 11.8. The number of amides is 1. The van der Waals surface area contributed by atoms with Gasteiger partial charge in [0, 0.05) is 24.1 Å². The topological polar surface area (TPSA) is 127 Å². The van der Waals surface area contributed by atoms with Gasteiger partial charge in [-0.2, -0.15) is 4.98 Å². The van der Waals surface area contributed by atoms with Crippen LogP contribution in [0.5, 0.6) is 0 Å². The quantitative estimate of drug-likeness (QED) is 0.360. The molecule has 9 nitrogen and oxygen atoms in total. The lowest BCUT2D eigenvalue weighted by molar-refractivity contribution is -0.129. The van der Waals surface area contributed by atoms with Crippen LogP contribution in [0.2, 0.25) is 0 Å². The van der Waals surface area contributed by atoms with Gasteiger partial charge in [-0.1, -0.05) is 50.1 Å². The summed E-state index contributed by atoms with van der Waals surface area (Å²) in [5.74, 6) is 0.155. The number of rotatable bonds is 9. The first-order valence-corrected chi connectivity index (χ1v) is 10.4. The molecule has 0 aromatic carbocycles. The zero-order valence-corrected chi connectivity index (χ0v) is 17.2. The highest BCUT2D eigenvalue weighted by Gasteiger charge is 2.24. The fraction of sp³-hybridized carbons (Fsp3) is 0.571. The highest BCUT2D eigenvalue weighted by atomic mass is 16.5. The Hall–Kier alpha value is -2.81. The number of methoxy groups -OCH3 is 1. The molecule has 2 aromatic heterocycles. The van der Waals surface area contributed by atoms with Gasteiger partial charge in [0.25, 0.3) is 0 Å². The SMILES string of the molecule is COC(=O)c1ccc(-c2noc(C(CCCC3CCCCC3)CC(=O)NO)n2)cn1. The first-order valence-electron chi connectivity index (χ1n) is 10.4. The van der Waals surface area contributed by atoms with E-state index in [0.717, 1.165) is 25.2 Å². The van der Waals surface area contributed by atoms with E-state index in [1.807, 2.05) is 0 Å². The summed E-state index contributed by atoms with van der Waals surface area (Å²) in [4.78, 5) is 31.8. The maximum absolute atomic E-state index is 11.8. The Morgan fingerprint density at radius 1 is 1.30 bits per heavy atom.